The molecule has 0 heterocycles. The van der Waals surface area contributed by atoms with Crippen LogP contribution in [0.3, 0.4) is 0 Å². The smallest absolute Gasteiger partial charge is 0.220 e. The molecule has 0 aliphatic carbocycles. The number of hydrogen-bond donors (Lipinski definition) is 1. The third kappa shape index (κ3) is 4.23. The number of alkyl halides is 1. The highest BCUT2D eigenvalue weighted by atomic mass is 35.5. The molecule has 1 amide bonds. The van der Waals surface area contributed by atoms with Crippen LogP contribution in [0, 0.1) is 6.92 Å². The van der Waals surface area contributed by atoms with Crippen molar-refractivity contribution in [3.63, 3.8) is 0 Å². The summed E-state index contributed by atoms with van der Waals surface area (Å²) in [5.41, 5.74) is 2.36. The third-order valence-corrected chi connectivity index (χ3v) is 2.76. The predicted molar refractivity (Wildman–Crippen MR) is 67.7 cm³/mol. The van der Waals surface area contributed by atoms with Crippen molar-refractivity contribution in [2.24, 2.45) is 0 Å². The molecule has 88 valence electrons. The second-order valence-electron chi connectivity index (χ2n) is 3.99. The number of amides is 1. The lowest BCUT2D eigenvalue weighted by atomic mass is 10.1. The summed E-state index contributed by atoms with van der Waals surface area (Å²) in [5.74, 6) is 0.598. The summed E-state index contributed by atoms with van der Waals surface area (Å²) < 4.78 is 0. The van der Waals surface area contributed by atoms with Crippen molar-refractivity contribution < 1.29 is 4.79 Å². The molecule has 0 saturated heterocycles. The maximum atomic E-state index is 11.5. The number of nitrogens with one attached hydrogen (secondary N) is 1. The lowest BCUT2D eigenvalue weighted by Crippen LogP contribution is -2.26. The predicted octanol–water partition coefficient (Wildman–Crippen LogP) is 3.19. The molecule has 0 bridgehead atoms. The number of aryl methyl sites for hydroxylation is 1. The third-order valence-electron chi connectivity index (χ3n) is 2.49. The standard InChI is InChI=1S/C13H18ClNO/c1-10-5-7-12(8-6-10)11(2)15-13(16)4-3-9-14/h5-8,11H,3-4,9H2,1-2H3,(H,15,16)/t11-/m1/s1. The van der Waals surface area contributed by atoms with E-state index in [1.165, 1.54) is 5.56 Å². The van der Waals surface area contributed by atoms with Crippen molar-refractivity contribution in [1.29, 1.82) is 0 Å². The van der Waals surface area contributed by atoms with Gasteiger partial charge in [-0.1, -0.05) is 29.8 Å². The van der Waals surface area contributed by atoms with Crippen LogP contribution in [0.25, 0.3) is 0 Å². The van der Waals surface area contributed by atoms with Gasteiger partial charge >= 0.3 is 0 Å². The summed E-state index contributed by atoms with van der Waals surface area (Å²) in [6, 6.07) is 8.25. The molecule has 1 atom stereocenters. The van der Waals surface area contributed by atoms with Crippen molar-refractivity contribution in [1.82, 2.24) is 5.32 Å². The van der Waals surface area contributed by atoms with Crippen molar-refractivity contribution >= 4 is 17.5 Å². The SMILES string of the molecule is Cc1ccc([C@@H](C)NC(=O)CCCCl)cc1. The zero-order valence-electron chi connectivity index (χ0n) is 9.79. The number of benzene rings is 1. The second kappa shape index (κ2) is 6.54. The number of halogens is 1. The van der Waals surface area contributed by atoms with E-state index >= 15 is 0 Å². The Kier molecular flexibility index (Phi) is 5.33. The first-order valence-corrected chi connectivity index (χ1v) is 6.09. The molecule has 0 saturated carbocycles. The van der Waals surface area contributed by atoms with E-state index in [9.17, 15) is 4.79 Å². The molecule has 0 fully saturated rings. The van der Waals surface area contributed by atoms with E-state index in [4.69, 9.17) is 11.6 Å². The van der Waals surface area contributed by atoms with Crippen LogP contribution in [0.4, 0.5) is 0 Å². The summed E-state index contributed by atoms with van der Waals surface area (Å²) in [6.45, 7) is 4.04. The Hall–Kier alpha value is -1.02. The molecule has 2 nitrogen and oxygen atoms in total. The molecule has 0 aliphatic heterocycles. The Morgan fingerprint density at radius 2 is 2.00 bits per heavy atom. The van der Waals surface area contributed by atoms with Gasteiger partial charge in [-0.05, 0) is 25.8 Å². The highest BCUT2D eigenvalue weighted by Crippen LogP contribution is 2.13. The molecule has 16 heavy (non-hydrogen) atoms. The fraction of sp³-hybridized carbons (Fsp3) is 0.462. The molecule has 0 spiro atoms. The Balaban J connectivity index is 2.48. The highest BCUT2D eigenvalue weighted by molar-refractivity contribution is 6.17. The number of carbonyl (C=O) groups is 1. The van der Waals surface area contributed by atoms with E-state index in [0.29, 0.717) is 12.3 Å². The summed E-state index contributed by atoms with van der Waals surface area (Å²) in [5, 5.41) is 2.95. The molecule has 0 aliphatic rings. The average Bonchev–Trinajstić information content (AvgIpc) is 2.27. The normalized spacial score (nSPS) is 12.2. The van der Waals surface area contributed by atoms with Crippen molar-refractivity contribution in [3.8, 4) is 0 Å². The van der Waals surface area contributed by atoms with Crippen LogP contribution in [0.15, 0.2) is 24.3 Å². The van der Waals surface area contributed by atoms with Crippen molar-refractivity contribution in [3.05, 3.63) is 35.4 Å². The van der Waals surface area contributed by atoms with E-state index in [2.05, 4.69) is 17.4 Å². The Bertz CT molecular complexity index is 334. The monoisotopic (exact) mass is 239 g/mol. The lowest BCUT2D eigenvalue weighted by Gasteiger charge is -2.14. The summed E-state index contributed by atoms with van der Waals surface area (Å²) >= 11 is 5.54. The minimum atomic E-state index is 0.0587. The van der Waals surface area contributed by atoms with E-state index in [1.807, 2.05) is 26.0 Å². The maximum Gasteiger partial charge on any atom is 0.220 e. The Labute approximate surface area is 102 Å². The van der Waals surface area contributed by atoms with Crippen LogP contribution in [-0.2, 0) is 4.79 Å². The van der Waals surface area contributed by atoms with Gasteiger partial charge in [-0.15, -0.1) is 11.6 Å². The molecule has 3 heteroatoms. The molecular weight excluding hydrogens is 222 g/mol. The fourth-order valence-electron chi connectivity index (χ4n) is 1.48. The summed E-state index contributed by atoms with van der Waals surface area (Å²) in [4.78, 5) is 11.5. The van der Waals surface area contributed by atoms with Crippen LogP contribution in [0.1, 0.15) is 36.9 Å². The first-order valence-electron chi connectivity index (χ1n) is 5.55. The van der Waals surface area contributed by atoms with Gasteiger partial charge in [-0.25, -0.2) is 0 Å². The minimum Gasteiger partial charge on any atom is -0.350 e. The van der Waals surface area contributed by atoms with Gasteiger partial charge in [0.25, 0.3) is 0 Å². The van der Waals surface area contributed by atoms with E-state index in [-0.39, 0.29) is 11.9 Å². The number of carbonyl (C=O) groups excluding carboxylic acids is 1. The first kappa shape index (κ1) is 13.0. The molecule has 1 aromatic rings. The van der Waals surface area contributed by atoms with Gasteiger partial charge < -0.3 is 5.32 Å². The summed E-state index contributed by atoms with van der Waals surface area (Å²) in [7, 11) is 0. The van der Waals surface area contributed by atoms with Gasteiger partial charge in [-0.2, -0.15) is 0 Å². The van der Waals surface area contributed by atoms with E-state index < -0.39 is 0 Å². The first-order chi connectivity index (χ1) is 7.63. The van der Waals surface area contributed by atoms with Gasteiger partial charge in [0.1, 0.15) is 0 Å². The lowest BCUT2D eigenvalue weighted by molar-refractivity contribution is -0.121. The van der Waals surface area contributed by atoms with Gasteiger partial charge in [0.15, 0.2) is 0 Å². The topological polar surface area (TPSA) is 29.1 Å². The number of rotatable bonds is 5. The van der Waals surface area contributed by atoms with Gasteiger partial charge in [-0.3, -0.25) is 4.79 Å². The van der Waals surface area contributed by atoms with Crippen molar-refractivity contribution in [2.75, 3.05) is 5.88 Å². The molecule has 1 aromatic carbocycles. The fourth-order valence-corrected chi connectivity index (χ4v) is 1.61. The minimum absolute atomic E-state index is 0.0587. The number of hydrogen-bond acceptors (Lipinski definition) is 1. The molecule has 0 radical (unpaired) electrons. The highest BCUT2D eigenvalue weighted by Gasteiger charge is 2.08. The molecule has 1 rings (SSSR count). The van der Waals surface area contributed by atoms with Crippen LogP contribution in [0.2, 0.25) is 0 Å². The molecule has 0 aromatic heterocycles. The van der Waals surface area contributed by atoms with Crippen LogP contribution < -0.4 is 5.32 Å². The molecular formula is C13H18ClNO. The van der Waals surface area contributed by atoms with Crippen LogP contribution >= 0.6 is 11.6 Å². The average molecular weight is 240 g/mol. The van der Waals surface area contributed by atoms with Gasteiger partial charge in [0, 0.05) is 12.3 Å². The molecule has 0 unspecified atom stereocenters. The zero-order chi connectivity index (χ0) is 12.0. The van der Waals surface area contributed by atoms with Crippen LogP contribution in [-0.4, -0.2) is 11.8 Å². The van der Waals surface area contributed by atoms with Gasteiger partial charge in [0.05, 0.1) is 6.04 Å². The largest absolute Gasteiger partial charge is 0.350 e. The van der Waals surface area contributed by atoms with E-state index in [0.717, 1.165) is 12.0 Å². The van der Waals surface area contributed by atoms with Crippen LogP contribution in [0.5, 0.6) is 0 Å². The summed E-state index contributed by atoms with van der Waals surface area (Å²) in [6.07, 6.45) is 1.23. The van der Waals surface area contributed by atoms with Crippen molar-refractivity contribution in [2.45, 2.75) is 32.7 Å². The Morgan fingerprint density at radius 3 is 2.56 bits per heavy atom. The van der Waals surface area contributed by atoms with E-state index in [1.54, 1.807) is 0 Å². The van der Waals surface area contributed by atoms with Gasteiger partial charge in [0.2, 0.25) is 5.91 Å². The maximum absolute atomic E-state index is 11.5. The zero-order valence-corrected chi connectivity index (χ0v) is 10.6. The second-order valence-corrected chi connectivity index (χ2v) is 4.37. The quantitative estimate of drug-likeness (QED) is 0.786. The Morgan fingerprint density at radius 1 is 1.38 bits per heavy atom. The molecule has 1 N–H and O–H groups in total.